The molecule has 0 aromatic heterocycles. The Kier molecular flexibility index (Phi) is 7.64. The minimum absolute atomic E-state index is 0.0226. The van der Waals surface area contributed by atoms with E-state index in [0.29, 0.717) is 10.6 Å². The minimum Gasteiger partial charge on any atom is -0.376 e. The molecule has 0 amide bonds. The zero-order valence-corrected chi connectivity index (χ0v) is 16.8. The van der Waals surface area contributed by atoms with Crippen LogP contribution in [0, 0.1) is 18.8 Å². The van der Waals surface area contributed by atoms with Crippen molar-refractivity contribution in [3.05, 3.63) is 76.8 Å². The summed E-state index contributed by atoms with van der Waals surface area (Å²) in [6.45, 7) is 3.91. The molecule has 4 nitrogen and oxygen atoms in total. The third-order valence-corrected chi connectivity index (χ3v) is 5.96. The van der Waals surface area contributed by atoms with E-state index >= 15 is 0 Å². The maximum atomic E-state index is 12.9. The molecule has 1 unspecified atom stereocenters. The maximum Gasteiger partial charge on any atom is 0.244 e. The fourth-order valence-corrected chi connectivity index (χ4v) is 3.71. The number of aliphatic hydroxyl groups is 1. The van der Waals surface area contributed by atoms with E-state index in [4.69, 9.17) is 11.6 Å². The quantitative estimate of drug-likeness (QED) is 0.586. The molecule has 0 aliphatic heterocycles. The zero-order valence-electron chi connectivity index (χ0n) is 15.3. The van der Waals surface area contributed by atoms with Gasteiger partial charge >= 0.3 is 0 Å². The van der Waals surface area contributed by atoms with Gasteiger partial charge in [-0.3, -0.25) is 0 Å². The molecule has 0 radical (unpaired) electrons. The topological polar surface area (TPSA) is 57.6 Å². The van der Waals surface area contributed by atoms with E-state index in [0.717, 1.165) is 5.56 Å². The summed E-state index contributed by atoms with van der Waals surface area (Å²) in [5, 5.41) is 10.7. The molecule has 142 valence electrons. The average molecular weight is 404 g/mol. The van der Waals surface area contributed by atoms with Gasteiger partial charge in [-0.05, 0) is 43.7 Å². The summed E-state index contributed by atoms with van der Waals surface area (Å²) in [4.78, 5) is 0.220. The number of halogens is 1. The standard InChI is InChI=1S/C21H22ClNO3S/c1-3-4-15-23(27(25,26)20-13-7-17(2)8-14-20)16-5-6-21(24)18-9-11-19(22)12-10-18/h3-4,7-14,21,24H,15-16H2,1-2H3/b4-3+. The van der Waals surface area contributed by atoms with Crippen molar-refractivity contribution in [3.63, 3.8) is 0 Å². The summed E-state index contributed by atoms with van der Waals surface area (Å²) in [5.74, 6) is 5.46. The van der Waals surface area contributed by atoms with Gasteiger partial charge in [-0.15, -0.1) is 0 Å². The molecule has 2 rings (SSSR count). The molecule has 1 N–H and O–H groups in total. The third kappa shape index (κ3) is 5.95. The smallest absolute Gasteiger partial charge is 0.244 e. The summed E-state index contributed by atoms with van der Waals surface area (Å²) < 4.78 is 27.0. The van der Waals surface area contributed by atoms with Crippen LogP contribution >= 0.6 is 11.6 Å². The molecule has 6 heteroatoms. The Balaban J connectivity index is 2.19. The molecule has 27 heavy (non-hydrogen) atoms. The van der Waals surface area contributed by atoms with Crippen molar-refractivity contribution in [3.8, 4) is 11.8 Å². The first-order valence-electron chi connectivity index (χ1n) is 8.44. The number of aryl methyl sites for hydroxylation is 1. The first kappa shape index (κ1) is 21.2. The fourth-order valence-electron chi connectivity index (χ4n) is 2.29. The molecule has 0 fully saturated rings. The Labute approximate surface area is 166 Å². The van der Waals surface area contributed by atoms with Crippen LogP contribution < -0.4 is 0 Å². The van der Waals surface area contributed by atoms with Crippen molar-refractivity contribution < 1.29 is 13.5 Å². The van der Waals surface area contributed by atoms with Gasteiger partial charge in [-0.2, -0.15) is 4.31 Å². The van der Waals surface area contributed by atoms with Crippen molar-refractivity contribution in [2.75, 3.05) is 13.1 Å². The third-order valence-electron chi connectivity index (χ3n) is 3.88. The SMILES string of the molecule is C/C=C/CN(CC#CC(O)c1ccc(Cl)cc1)S(=O)(=O)c1ccc(C)cc1. The summed E-state index contributed by atoms with van der Waals surface area (Å²) in [7, 11) is -3.68. The normalized spacial score (nSPS) is 12.8. The van der Waals surface area contributed by atoms with Crippen molar-refractivity contribution in [2.45, 2.75) is 24.8 Å². The molecular weight excluding hydrogens is 382 g/mol. The Morgan fingerprint density at radius 3 is 2.37 bits per heavy atom. The predicted octanol–water partition coefficient (Wildman–Crippen LogP) is 3.95. The Morgan fingerprint density at radius 2 is 1.78 bits per heavy atom. The monoisotopic (exact) mass is 403 g/mol. The van der Waals surface area contributed by atoms with Crippen LogP contribution in [-0.4, -0.2) is 30.9 Å². The molecule has 2 aromatic rings. The minimum atomic E-state index is -3.68. The predicted molar refractivity (Wildman–Crippen MR) is 109 cm³/mol. The number of sulfonamides is 1. The molecule has 0 aliphatic carbocycles. The number of aliphatic hydroxyl groups excluding tert-OH is 1. The van der Waals surface area contributed by atoms with E-state index in [2.05, 4.69) is 11.8 Å². The van der Waals surface area contributed by atoms with Crippen molar-refractivity contribution in [2.24, 2.45) is 0 Å². The van der Waals surface area contributed by atoms with Crippen molar-refractivity contribution in [1.82, 2.24) is 4.31 Å². The highest BCUT2D eigenvalue weighted by Gasteiger charge is 2.22. The van der Waals surface area contributed by atoms with E-state index in [1.807, 2.05) is 13.8 Å². The van der Waals surface area contributed by atoms with Crippen LogP contribution in [0.4, 0.5) is 0 Å². The second kappa shape index (κ2) is 9.72. The van der Waals surface area contributed by atoms with E-state index < -0.39 is 16.1 Å². The van der Waals surface area contributed by atoms with Gasteiger partial charge in [-0.25, -0.2) is 8.42 Å². The molecule has 0 saturated heterocycles. The van der Waals surface area contributed by atoms with Gasteiger partial charge in [0.15, 0.2) is 0 Å². The number of hydrogen-bond donors (Lipinski definition) is 1. The molecule has 0 saturated carbocycles. The molecule has 0 spiro atoms. The second-order valence-electron chi connectivity index (χ2n) is 5.95. The van der Waals surface area contributed by atoms with Crippen molar-refractivity contribution >= 4 is 21.6 Å². The zero-order chi connectivity index (χ0) is 19.9. The number of benzene rings is 2. The van der Waals surface area contributed by atoms with Gasteiger partial charge in [0, 0.05) is 11.6 Å². The Morgan fingerprint density at radius 1 is 1.15 bits per heavy atom. The molecule has 0 heterocycles. The molecule has 2 aromatic carbocycles. The second-order valence-corrected chi connectivity index (χ2v) is 8.33. The van der Waals surface area contributed by atoms with Crippen LogP contribution in [0.3, 0.4) is 0 Å². The summed E-state index contributed by atoms with van der Waals surface area (Å²) in [6.07, 6.45) is 2.53. The Hall–Kier alpha value is -2.10. The largest absolute Gasteiger partial charge is 0.376 e. The molecular formula is C21H22ClNO3S. The van der Waals surface area contributed by atoms with E-state index in [-0.39, 0.29) is 18.0 Å². The van der Waals surface area contributed by atoms with Gasteiger partial charge < -0.3 is 5.11 Å². The number of allylic oxidation sites excluding steroid dienone is 1. The van der Waals surface area contributed by atoms with Gasteiger partial charge in [0.05, 0.1) is 11.4 Å². The average Bonchev–Trinajstić information content (AvgIpc) is 2.65. The van der Waals surface area contributed by atoms with Crippen LogP contribution in [0.2, 0.25) is 5.02 Å². The highest BCUT2D eigenvalue weighted by atomic mass is 35.5. The van der Waals surface area contributed by atoms with E-state index in [1.165, 1.54) is 4.31 Å². The number of hydrogen-bond acceptors (Lipinski definition) is 3. The van der Waals surface area contributed by atoms with Gasteiger partial charge in [0.1, 0.15) is 6.10 Å². The van der Waals surface area contributed by atoms with E-state index in [1.54, 1.807) is 60.7 Å². The first-order chi connectivity index (χ1) is 12.8. The van der Waals surface area contributed by atoms with Gasteiger partial charge in [0.25, 0.3) is 0 Å². The van der Waals surface area contributed by atoms with E-state index in [9.17, 15) is 13.5 Å². The highest BCUT2D eigenvalue weighted by Crippen LogP contribution is 2.17. The van der Waals surface area contributed by atoms with Gasteiger partial charge in [0.2, 0.25) is 10.0 Å². The first-order valence-corrected chi connectivity index (χ1v) is 10.3. The van der Waals surface area contributed by atoms with Crippen LogP contribution in [-0.2, 0) is 10.0 Å². The van der Waals surface area contributed by atoms with Crippen LogP contribution in [0.15, 0.2) is 65.6 Å². The maximum absolute atomic E-state index is 12.9. The summed E-state index contributed by atoms with van der Waals surface area (Å²) >= 11 is 5.83. The van der Waals surface area contributed by atoms with Crippen molar-refractivity contribution in [1.29, 1.82) is 0 Å². The fraction of sp³-hybridized carbons (Fsp3) is 0.238. The van der Waals surface area contributed by atoms with Gasteiger partial charge in [-0.1, -0.05) is 65.4 Å². The Bertz CT molecular complexity index is 940. The lowest BCUT2D eigenvalue weighted by Crippen LogP contribution is -2.31. The van der Waals surface area contributed by atoms with Crippen LogP contribution in [0.1, 0.15) is 24.2 Å². The molecule has 1 atom stereocenters. The molecule has 0 bridgehead atoms. The summed E-state index contributed by atoms with van der Waals surface area (Å²) in [5.41, 5.74) is 1.59. The summed E-state index contributed by atoms with van der Waals surface area (Å²) in [6, 6.07) is 13.4. The highest BCUT2D eigenvalue weighted by molar-refractivity contribution is 7.89. The lowest BCUT2D eigenvalue weighted by molar-refractivity contribution is 0.238. The lowest BCUT2D eigenvalue weighted by Gasteiger charge is -2.18. The number of nitrogens with zero attached hydrogens (tertiary/aromatic N) is 1. The lowest BCUT2D eigenvalue weighted by atomic mass is 10.1. The van der Waals surface area contributed by atoms with Crippen LogP contribution in [0.25, 0.3) is 0 Å². The molecule has 0 aliphatic rings. The number of rotatable bonds is 6. The van der Waals surface area contributed by atoms with Crippen LogP contribution in [0.5, 0.6) is 0 Å².